The molecule has 9 heteroatoms. The monoisotopic (exact) mass is 409 g/mol. The number of aryl methyl sites for hydroxylation is 2. The van der Waals surface area contributed by atoms with Gasteiger partial charge >= 0.3 is 0 Å². The summed E-state index contributed by atoms with van der Waals surface area (Å²) in [7, 11) is 1.61. The van der Waals surface area contributed by atoms with E-state index in [9.17, 15) is 4.79 Å². The van der Waals surface area contributed by atoms with E-state index in [1.165, 1.54) is 0 Å². The first-order valence-electron chi connectivity index (χ1n) is 9.50. The summed E-state index contributed by atoms with van der Waals surface area (Å²) in [6.45, 7) is 5.69. The van der Waals surface area contributed by atoms with Crippen molar-refractivity contribution in [1.29, 1.82) is 0 Å². The molecule has 1 amide bonds. The summed E-state index contributed by atoms with van der Waals surface area (Å²) >= 11 is 1.66. The predicted molar refractivity (Wildman–Crippen MR) is 114 cm³/mol. The zero-order chi connectivity index (χ0) is 20.4. The highest BCUT2D eigenvalue weighted by molar-refractivity contribution is 7.15. The standard InChI is InChI=1S/C20H23N7OS/c1-12-18(29-13(2)24-12)16-6-8-22-20(26-16)27-9-7-15(11-27)25-17-5-4-14(10-23-17)19(28)21-3/h4-6,8,10,15H,7,9,11H2,1-3H3,(H,21,28)(H,23,25). The number of pyridine rings is 1. The van der Waals surface area contributed by atoms with Crippen LogP contribution in [0.2, 0.25) is 0 Å². The third kappa shape index (κ3) is 4.19. The Kier molecular flexibility index (Phi) is 5.39. The lowest BCUT2D eigenvalue weighted by atomic mass is 10.2. The molecule has 0 spiro atoms. The van der Waals surface area contributed by atoms with Gasteiger partial charge in [0.15, 0.2) is 0 Å². The van der Waals surface area contributed by atoms with Crippen molar-refractivity contribution in [2.24, 2.45) is 0 Å². The van der Waals surface area contributed by atoms with Crippen LogP contribution in [0.15, 0.2) is 30.6 Å². The Morgan fingerprint density at radius 1 is 1.21 bits per heavy atom. The molecular weight excluding hydrogens is 386 g/mol. The van der Waals surface area contributed by atoms with Crippen LogP contribution in [0.5, 0.6) is 0 Å². The Hall–Kier alpha value is -3.07. The molecule has 1 aliphatic rings. The highest BCUT2D eigenvalue weighted by Gasteiger charge is 2.25. The maximum atomic E-state index is 11.6. The summed E-state index contributed by atoms with van der Waals surface area (Å²) in [5.74, 6) is 1.36. The summed E-state index contributed by atoms with van der Waals surface area (Å²) in [6, 6.07) is 5.78. The van der Waals surface area contributed by atoms with Crippen molar-refractivity contribution in [2.45, 2.75) is 26.3 Å². The zero-order valence-corrected chi connectivity index (χ0v) is 17.5. The van der Waals surface area contributed by atoms with Crippen LogP contribution in [-0.4, -0.2) is 52.0 Å². The van der Waals surface area contributed by atoms with Crippen molar-refractivity contribution in [3.63, 3.8) is 0 Å². The van der Waals surface area contributed by atoms with E-state index in [0.29, 0.717) is 5.56 Å². The molecule has 8 nitrogen and oxygen atoms in total. The van der Waals surface area contributed by atoms with Gasteiger partial charge in [0.1, 0.15) is 5.82 Å². The van der Waals surface area contributed by atoms with Crippen molar-refractivity contribution < 1.29 is 4.79 Å². The number of carbonyl (C=O) groups is 1. The van der Waals surface area contributed by atoms with E-state index in [1.807, 2.05) is 32.2 Å². The van der Waals surface area contributed by atoms with Gasteiger partial charge in [-0.1, -0.05) is 0 Å². The molecule has 29 heavy (non-hydrogen) atoms. The molecule has 150 valence electrons. The Balaban J connectivity index is 1.43. The molecule has 0 saturated carbocycles. The minimum Gasteiger partial charge on any atom is -0.365 e. The maximum absolute atomic E-state index is 11.6. The van der Waals surface area contributed by atoms with Gasteiger partial charge in [-0.15, -0.1) is 11.3 Å². The van der Waals surface area contributed by atoms with E-state index >= 15 is 0 Å². The van der Waals surface area contributed by atoms with Crippen molar-refractivity contribution in [3.05, 3.63) is 46.9 Å². The second kappa shape index (κ2) is 8.12. The number of nitrogens with zero attached hydrogens (tertiary/aromatic N) is 5. The topological polar surface area (TPSA) is 95.9 Å². The SMILES string of the molecule is CNC(=O)c1ccc(NC2CCN(c3nccc(-c4sc(C)nc4C)n3)C2)nc1. The average molecular weight is 410 g/mol. The zero-order valence-electron chi connectivity index (χ0n) is 16.6. The van der Waals surface area contributed by atoms with Crippen molar-refractivity contribution in [3.8, 4) is 10.6 Å². The van der Waals surface area contributed by atoms with E-state index in [4.69, 9.17) is 4.98 Å². The average Bonchev–Trinajstić information content (AvgIpc) is 3.34. The highest BCUT2D eigenvalue weighted by Crippen LogP contribution is 2.29. The van der Waals surface area contributed by atoms with Crippen molar-refractivity contribution in [1.82, 2.24) is 25.3 Å². The van der Waals surface area contributed by atoms with Crippen LogP contribution < -0.4 is 15.5 Å². The number of rotatable bonds is 5. The Morgan fingerprint density at radius 2 is 2.07 bits per heavy atom. The number of amides is 1. The van der Waals surface area contributed by atoms with Crippen molar-refractivity contribution >= 4 is 29.0 Å². The van der Waals surface area contributed by atoms with E-state index in [1.54, 1.807) is 30.6 Å². The molecule has 4 rings (SSSR count). The van der Waals surface area contributed by atoms with Gasteiger partial charge in [0, 0.05) is 38.6 Å². The third-order valence-corrected chi connectivity index (χ3v) is 5.95. The van der Waals surface area contributed by atoms with Gasteiger partial charge in [0.25, 0.3) is 5.91 Å². The lowest BCUT2D eigenvalue weighted by Gasteiger charge is -2.17. The summed E-state index contributed by atoms with van der Waals surface area (Å²) in [5.41, 5.74) is 2.47. The molecule has 4 heterocycles. The number of anilines is 2. The number of nitrogens with one attached hydrogen (secondary N) is 2. The lowest BCUT2D eigenvalue weighted by Crippen LogP contribution is -2.27. The Bertz CT molecular complexity index is 1020. The number of hydrogen-bond acceptors (Lipinski definition) is 8. The molecule has 3 aromatic heterocycles. The molecular formula is C20H23N7OS. The van der Waals surface area contributed by atoms with E-state index in [-0.39, 0.29) is 11.9 Å². The summed E-state index contributed by atoms with van der Waals surface area (Å²) in [4.78, 5) is 33.0. The predicted octanol–water partition coefficient (Wildman–Crippen LogP) is 2.66. The Labute approximate surface area is 173 Å². The number of carbonyl (C=O) groups excluding carboxylic acids is 1. The van der Waals surface area contributed by atoms with Gasteiger partial charge in [-0.25, -0.2) is 19.9 Å². The number of hydrogen-bond donors (Lipinski definition) is 2. The minimum absolute atomic E-state index is 0.139. The first kappa shape index (κ1) is 19.3. The van der Waals surface area contributed by atoms with Crippen LogP contribution in [0.1, 0.15) is 27.5 Å². The van der Waals surface area contributed by atoms with Gasteiger partial charge in [-0.2, -0.15) is 0 Å². The molecule has 1 fully saturated rings. The summed E-state index contributed by atoms with van der Waals surface area (Å²) in [5, 5.41) is 7.07. The largest absolute Gasteiger partial charge is 0.365 e. The van der Waals surface area contributed by atoms with Crippen LogP contribution in [0.3, 0.4) is 0 Å². The Morgan fingerprint density at radius 3 is 2.76 bits per heavy atom. The fraction of sp³-hybridized carbons (Fsp3) is 0.350. The van der Waals surface area contributed by atoms with Gasteiger partial charge in [0.2, 0.25) is 5.95 Å². The van der Waals surface area contributed by atoms with Crippen LogP contribution in [0, 0.1) is 13.8 Å². The summed E-state index contributed by atoms with van der Waals surface area (Å²) in [6.07, 6.45) is 4.36. The van der Waals surface area contributed by atoms with Crippen LogP contribution in [-0.2, 0) is 0 Å². The molecule has 0 bridgehead atoms. The minimum atomic E-state index is -0.139. The van der Waals surface area contributed by atoms with Crippen molar-refractivity contribution in [2.75, 3.05) is 30.4 Å². The van der Waals surface area contributed by atoms with E-state index in [2.05, 4.69) is 30.5 Å². The lowest BCUT2D eigenvalue weighted by molar-refractivity contribution is 0.0963. The molecule has 0 aliphatic carbocycles. The molecule has 1 atom stereocenters. The quantitative estimate of drug-likeness (QED) is 0.669. The van der Waals surface area contributed by atoms with Gasteiger partial charge in [-0.3, -0.25) is 4.79 Å². The third-order valence-electron chi connectivity index (χ3n) is 4.85. The van der Waals surface area contributed by atoms with Gasteiger partial charge < -0.3 is 15.5 Å². The van der Waals surface area contributed by atoms with Gasteiger partial charge in [-0.05, 0) is 38.5 Å². The fourth-order valence-corrected chi connectivity index (χ4v) is 4.31. The first-order chi connectivity index (χ1) is 14.0. The second-order valence-corrected chi connectivity index (χ2v) is 8.18. The molecule has 1 unspecified atom stereocenters. The number of thiazole rings is 1. The molecule has 1 saturated heterocycles. The molecule has 3 aromatic rings. The first-order valence-corrected chi connectivity index (χ1v) is 10.3. The fourth-order valence-electron chi connectivity index (χ4n) is 3.42. The van der Waals surface area contributed by atoms with E-state index < -0.39 is 0 Å². The molecule has 2 N–H and O–H groups in total. The molecule has 0 radical (unpaired) electrons. The molecule has 1 aliphatic heterocycles. The highest BCUT2D eigenvalue weighted by atomic mass is 32.1. The molecule has 0 aromatic carbocycles. The second-order valence-electron chi connectivity index (χ2n) is 6.98. The summed E-state index contributed by atoms with van der Waals surface area (Å²) < 4.78 is 0. The normalized spacial score (nSPS) is 16.1. The maximum Gasteiger partial charge on any atom is 0.252 e. The van der Waals surface area contributed by atoms with Crippen LogP contribution >= 0.6 is 11.3 Å². The van der Waals surface area contributed by atoms with E-state index in [0.717, 1.165) is 52.5 Å². The number of aromatic nitrogens is 4. The van der Waals surface area contributed by atoms with Crippen LogP contribution in [0.25, 0.3) is 10.6 Å². The van der Waals surface area contributed by atoms with Gasteiger partial charge in [0.05, 0.1) is 26.8 Å². The van der Waals surface area contributed by atoms with Crippen LogP contribution in [0.4, 0.5) is 11.8 Å². The smallest absolute Gasteiger partial charge is 0.252 e.